The van der Waals surface area contributed by atoms with Crippen LogP contribution in [-0.2, 0) is 0 Å². The molecule has 3 rings (SSSR count). The molecule has 1 N–H and O–H groups in total. The van der Waals surface area contributed by atoms with E-state index < -0.39 is 0 Å². The number of aliphatic hydroxyl groups excluding tert-OH is 1. The Morgan fingerprint density at radius 1 is 0.923 bits per heavy atom. The Balaban J connectivity index is 1.89. The highest BCUT2D eigenvalue weighted by Gasteiger charge is 2.54. The molecule has 13 heavy (non-hydrogen) atoms. The van der Waals surface area contributed by atoms with Crippen molar-refractivity contribution in [3.05, 3.63) is 0 Å². The van der Waals surface area contributed by atoms with Crippen LogP contribution in [-0.4, -0.2) is 40.9 Å². The minimum atomic E-state index is 0.0295. The smallest absolute Gasteiger partial charge is 0.0919 e. The number of piperidine rings is 1. The Morgan fingerprint density at radius 3 is 2.00 bits per heavy atom. The predicted octanol–water partition coefficient (Wildman–Crippen LogP) is 1.28. The van der Waals surface area contributed by atoms with Crippen molar-refractivity contribution in [2.24, 2.45) is 0 Å². The largest absolute Gasteiger partial charge is 0.393 e. The Morgan fingerprint density at radius 2 is 1.46 bits per heavy atom. The van der Waals surface area contributed by atoms with E-state index in [1.807, 2.05) is 0 Å². The van der Waals surface area contributed by atoms with Crippen LogP contribution in [0.25, 0.3) is 0 Å². The zero-order valence-electron chi connectivity index (χ0n) is 8.28. The van der Waals surface area contributed by atoms with E-state index in [4.69, 9.17) is 0 Å². The molecule has 0 amide bonds. The average molecular weight is 182 g/mol. The number of quaternary nitrogens is 1. The fourth-order valence-corrected chi connectivity index (χ4v) is 4.23. The third kappa shape index (κ3) is 1.02. The van der Waals surface area contributed by atoms with Gasteiger partial charge >= 0.3 is 0 Å². The average Bonchev–Trinajstić information content (AvgIpc) is 2.63. The zero-order chi connectivity index (χ0) is 8.89. The first-order valence-corrected chi connectivity index (χ1v) is 5.86. The minimum Gasteiger partial charge on any atom is -0.393 e. The van der Waals surface area contributed by atoms with Gasteiger partial charge in [-0.15, -0.1) is 0 Å². The maximum atomic E-state index is 9.72. The van der Waals surface area contributed by atoms with Crippen LogP contribution in [0.1, 0.15) is 38.5 Å². The molecule has 0 aromatic heterocycles. The molecule has 3 atom stereocenters. The van der Waals surface area contributed by atoms with Gasteiger partial charge in [0, 0.05) is 38.5 Å². The monoisotopic (exact) mass is 182 g/mol. The third-order valence-corrected chi connectivity index (χ3v) is 4.77. The maximum Gasteiger partial charge on any atom is 0.0919 e. The van der Waals surface area contributed by atoms with Crippen LogP contribution >= 0.6 is 0 Å². The summed E-state index contributed by atoms with van der Waals surface area (Å²) in [5, 5.41) is 9.72. The Kier molecular flexibility index (Phi) is 1.72. The van der Waals surface area contributed by atoms with Crippen molar-refractivity contribution in [1.29, 1.82) is 0 Å². The normalized spacial score (nSPS) is 47.3. The number of aliphatic hydroxyl groups is 1. The second kappa shape index (κ2) is 2.71. The molecule has 0 aliphatic carbocycles. The lowest BCUT2D eigenvalue weighted by Gasteiger charge is -2.46. The van der Waals surface area contributed by atoms with E-state index in [1.54, 1.807) is 0 Å². The first kappa shape index (κ1) is 8.25. The van der Waals surface area contributed by atoms with Crippen LogP contribution in [0.3, 0.4) is 0 Å². The molecule has 3 saturated heterocycles. The Labute approximate surface area is 80.1 Å². The molecule has 3 aliphatic heterocycles. The van der Waals surface area contributed by atoms with Crippen LogP contribution in [0.4, 0.5) is 0 Å². The van der Waals surface area contributed by atoms with Crippen molar-refractivity contribution in [3.63, 3.8) is 0 Å². The number of rotatable bonds is 0. The molecule has 2 bridgehead atoms. The molecule has 0 saturated carbocycles. The highest BCUT2D eigenvalue weighted by molar-refractivity contribution is 4.87. The van der Waals surface area contributed by atoms with Gasteiger partial charge in [0.2, 0.25) is 0 Å². The van der Waals surface area contributed by atoms with E-state index in [9.17, 15) is 5.11 Å². The summed E-state index contributed by atoms with van der Waals surface area (Å²) in [5.41, 5.74) is 0. The first-order chi connectivity index (χ1) is 6.31. The number of nitrogens with zero attached hydrogens (tertiary/aromatic N) is 1. The maximum absolute atomic E-state index is 9.72. The molecular weight excluding hydrogens is 162 g/mol. The molecule has 2 heteroatoms. The second-order valence-corrected chi connectivity index (χ2v) is 5.27. The van der Waals surface area contributed by atoms with Gasteiger partial charge in [-0.3, -0.25) is 0 Å². The molecule has 0 aromatic rings. The minimum absolute atomic E-state index is 0.0295. The van der Waals surface area contributed by atoms with Gasteiger partial charge in [0.05, 0.1) is 31.3 Å². The summed E-state index contributed by atoms with van der Waals surface area (Å²) in [6, 6.07) is 1.66. The highest BCUT2D eigenvalue weighted by atomic mass is 16.3. The lowest BCUT2D eigenvalue weighted by Crippen LogP contribution is -2.59. The molecule has 0 aromatic carbocycles. The fraction of sp³-hybridized carbons (Fsp3) is 1.00. The summed E-state index contributed by atoms with van der Waals surface area (Å²) in [7, 11) is 0. The van der Waals surface area contributed by atoms with Gasteiger partial charge in [0.1, 0.15) is 0 Å². The van der Waals surface area contributed by atoms with Gasteiger partial charge < -0.3 is 9.59 Å². The molecule has 3 fully saturated rings. The van der Waals surface area contributed by atoms with Gasteiger partial charge in [-0.05, 0) is 0 Å². The van der Waals surface area contributed by atoms with E-state index in [2.05, 4.69) is 0 Å². The van der Waals surface area contributed by atoms with E-state index in [0.717, 1.165) is 24.9 Å². The van der Waals surface area contributed by atoms with Gasteiger partial charge in [-0.1, -0.05) is 0 Å². The standard InChI is InChI=1S/C11H20NO/c13-11-7-9-3-4-10(8-11)12(9)5-1-2-6-12/h9-11,13H,1-8H2/q+1/t9-,10+,11?. The fourth-order valence-electron chi connectivity index (χ4n) is 4.23. The number of hydrogen-bond donors (Lipinski definition) is 1. The van der Waals surface area contributed by atoms with Gasteiger partial charge in [-0.2, -0.15) is 0 Å². The summed E-state index contributed by atoms with van der Waals surface area (Å²) < 4.78 is 1.41. The summed E-state index contributed by atoms with van der Waals surface area (Å²) >= 11 is 0. The molecule has 3 aliphatic rings. The van der Waals surface area contributed by atoms with Crippen molar-refractivity contribution < 1.29 is 9.59 Å². The van der Waals surface area contributed by atoms with E-state index >= 15 is 0 Å². The van der Waals surface area contributed by atoms with E-state index in [-0.39, 0.29) is 6.10 Å². The van der Waals surface area contributed by atoms with Crippen LogP contribution in [0.15, 0.2) is 0 Å². The SMILES string of the molecule is OC1C[C@H]2CC[C@@H](C1)[N+]21CCCC1. The molecule has 0 radical (unpaired) electrons. The Bertz CT molecular complexity index is 194. The van der Waals surface area contributed by atoms with Gasteiger partial charge in [-0.25, -0.2) is 0 Å². The van der Waals surface area contributed by atoms with E-state index in [1.165, 1.54) is 43.3 Å². The molecule has 1 unspecified atom stereocenters. The van der Waals surface area contributed by atoms with Crippen molar-refractivity contribution >= 4 is 0 Å². The summed E-state index contributed by atoms with van der Waals surface area (Å²) in [4.78, 5) is 0. The van der Waals surface area contributed by atoms with Crippen molar-refractivity contribution in [2.75, 3.05) is 13.1 Å². The summed E-state index contributed by atoms with van der Waals surface area (Å²) in [6.07, 6.45) is 7.87. The van der Waals surface area contributed by atoms with Crippen molar-refractivity contribution in [1.82, 2.24) is 0 Å². The van der Waals surface area contributed by atoms with Gasteiger partial charge in [0.25, 0.3) is 0 Å². The van der Waals surface area contributed by atoms with Crippen molar-refractivity contribution in [2.45, 2.75) is 56.7 Å². The topological polar surface area (TPSA) is 20.2 Å². The second-order valence-electron chi connectivity index (χ2n) is 5.27. The quantitative estimate of drug-likeness (QED) is 0.560. The first-order valence-electron chi connectivity index (χ1n) is 5.86. The lowest BCUT2D eigenvalue weighted by atomic mass is 9.97. The van der Waals surface area contributed by atoms with Crippen LogP contribution < -0.4 is 0 Å². The molecule has 1 spiro atoms. The lowest BCUT2D eigenvalue weighted by molar-refractivity contribution is -0.956. The van der Waals surface area contributed by atoms with Crippen LogP contribution in [0, 0.1) is 0 Å². The van der Waals surface area contributed by atoms with Crippen molar-refractivity contribution in [3.8, 4) is 0 Å². The molecule has 3 heterocycles. The zero-order valence-corrected chi connectivity index (χ0v) is 8.28. The number of hydrogen-bond acceptors (Lipinski definition) is 1. The van der Waals surface area contributed by atoms with Gasteiger partial charge in [0.15, 0.2) is 0 Å². The Hall–Kier alpha value is -0.0800. The summed E-state index contributed by atoms with van der Waals surface area (Å²) in [5.74, 6) is 0. The highest BCUT2D eigenvalue weighted by Crippen LogP contribution is 2.45. The molecule has 2 nitrogen and oxygen atoms in total. The summed E-state index contributed by atoms with van der Waals surface area (Å²) in [6.45, 7) is 2.84. The molecule has 74 valence electrons. The third-order valence-electron chi connectivity index (χ3n) is 4.77. The van der Waals surface area contributed by atoms with Crippen LogP contribution in [0.2, 0.25) is 0 Å². The molecular formula is C11H20NO+. The van der Waals surface area contributed by atoms with E-state index in [0.29, 0.717) is 0 Å². The van der Waals surface area contributed by atoms with Crippen LogP contribution in [0.5, 0.6) is 0 Å². The predicted molar refractivity (Wildman–Crippen MR) is 51.3 cm³/mol.